The Morgan fingerprint density at radius 3 is 2.36 bits per heavy atom. The molecule has 0 atom stereocenters. The van der Waals surface area contributed by atoms with Crippen LogP contribution in [0.25, 0.3) is 0 Å². The Morgan fingerprint density at radius 1 is 1.00 bits per heavy atom. The average molecular weight is 341 g/mol. The van der Waals surface area contributed by atoms with Gasteiger partial charge in [0.15, 0.2) is 5.82 Å². The lowest BCUT2D eigenvalue weighted by atomic mass is 10.1. The van der Waals surface area contributed by atoms with Gasteiger partial charge >= 0.3 is 5.82 Å². The van der Waals surface area contributed by atoms with Gasteiger partial charge in [-0.15, -0.1) is 0 Å². The minimum atomic E-state index is -0.442. The van der Waals surface area contributed by atoms with E-state index in [9.17, 15) is 10.1 Å². The van der Waals surface area contributed by atoms with Crippen LogP contribution in [0, 0.1) is 10.1 Å². The van der Waals surface area contributed by atoms with E-state index in [0.717, 1.165) is 56.0 Å². The number of anilines is 4. The van der Waals surface area contributed by atoms with Gasteiger partial charge in [0.2, 0.25) is 0 Å². The third-order valence-corrected chi connectivity index (χ3v) is 4.36. The van der Waals surface area contributed by atoms with E-state index < -0.39 is 4.92 Å². The predicted octanol–water partition coefficient (Wildman–Crippen LogP) is 4.57. The summed E-state index contributed by atoms with van der Waals surface area (Å²) >= 11 is 0. The van der Waals surface area contributed by atoms with Crippen LogP contribution in [0.3, 0.4) is 0 Å². The summed E-state index contributed by atoms with van der Waals surface area (Å²) < 4.78 is 0. The zero-order valence-corrected chi connectivity index (χ0v) is 14.7. The summed E-state index contributed by atoms with van der Waals surface area (Å²) in [5.41, 5.74) is 1.95. The summed E-state index contributed by atoms with van der Waals surface area (Å²) in [5, 5.41) is 11.2. The number of unbranched alkanes of at least 4 members (excludes halogenated alkanes) is 2. The largest absolute Gasteiger partial charge is 0.366 e. The molecule has 0 amide bonds. The molecular formula is C18H23N5O2. The summed E-state index contributed by atoms with van der Waals surface area (Å²) in [4.78, 5) is 23.9. The molecule has 132 valence electrons. The van der Waals surface area contributed by atoms with Crippen molar-refractivity contribution in [3.8, 4) is 0 Å². The fourth-order valence-electron chi connectivity index (χ4n) is 3.06. The first-order valence-electron chi connectivity index (χ1n) is 8.82. The second-order valence-corrected chi connectivity index (χ2v) is 6.13. The molecule has 0 saturated heterocycles. The molecule has 1 aliphatic rings. The highest BCUT2D eigenvalue weighted by atomic mass is 16.6. The Labute approximate surface area is 147 Å². The first kappa shape index (κ1) is 17.1. The van der Waals surface area contributed by atoms with Gasteiger partial charge in [-0.1, -0.05) is 26.7 Å². The molecule has 25 heavy (non-hydrogen) atoms. The van der Waals surface area contributed by atoms with Gasteiger partial charge in [0.1, 0.15) is 5.69 Å². The quantitative estimate of drug-likeness (QED) is 0.542. The van der Waals surface area contributed by atoms with E-state index in [2.05, 4.69) is 34.8 Å². The van der Waals surface area contributed by atoms with Gasteiger partial charge in [-0.25, -0.2) is 4.98 Å². The molecule has 3 rings (SSSR count). The van der Waals surface area contributed by atoms with E-state index in [1.165, 1.54) is 6.07 Å². The molecule has 7 heteroatoms. The van der Waals surface area contributed by atoms with Crippen molar-refractivity contribution < 1.29 is 4.92 Å². The Kier molecular flexibility index (Phi) is 5.11. The molecule has 0 spiro atoms. The molecule has 0 radical (unpaired) electrons. The van der Waals surface area contributed by atoms with Crippen LogP contribution in [-0.2, 0) is 0 Å². The molecule has 2 aromatic heterocycles. The van der Waals surface area contributed by atoms with Crippen molar-refractivity contribution in [1.82, 2.24) is 9.97 Å². The molecular weight excluding hydrogens is 318 g/mol. The van der Waals surface area contributed by atoms with Crippen LogP contribution < -0.4 is 9.80 Å². The van der Waals surface area contributed by atoms with Crippen molar-refractivity contribution in [3.05, 3.63) is 40.6 Å². The zero-order chi connectivity index (χ0) is 17.8. The van der Waals surface area contributed by atoms with Crippen molar-refractivity contribution in [2.75, 3.05) is 22.9 Å². The standard InChI is InChI=1S/C18H23N5O2/c1-3-5-12-21-14-8-7-11-19-17(14)22(13-6-4-2)18-15(21)9-10-16(20-18)23(24)25/h7-11H,3-6,12-13H2,1-2H3. The van der Waals surface area contributed by atoms with Gasteiger partial charge in [0.05, 0.1) is 5.69 Å². The smallest absolute Gasteiger partial charge is 0.358 e. The van der Waals surface area contributed by atoms with Crippen LogP contribution in [-0.4, -0.2) is 28.0 Å². The summed E-state index contributed by atoms with van der Waals surface area (Å²) in [7, 11) is 0. The highest BCUT2D eigenvalue weighted by Gasteiger charge is 2.34. The van der Waals surface area contributed by atoms with Crippen molar-refractivity contribution in [3.63, 3.8) is 0 Å². The van der Waals surface area contributed by atoms with Crippen LogP contribution in [0.4, 0.5) is 28.8 Å². The Balaban J connectivity index is 2.13. The van der Waals surface area contributed by atoms with Crippen LogP contribution >= 0.6 is 0 Å². The SMILES string of the molecule is CCCCN1c2cccnc2N(CCCC)c2nc([N+](=O)[O-])ccc21. The van der Waals surface area contributed by atoms with Crippen molar-refractivity contribution >= 4 is 28.8 Å². The van der Waals surface area contributed by atoms with Crippen LogP contribution in [0.1, 0.15) is 39.5 Å². The number of fused-ring (bicyclic) bond motifs is 2. The molecule has 2 aromatic rings. The summed E-state index contributed by atoms with van der Waals surface area (Å²) in [6.45, 7) is 5.85. The van der Waals surface area contributed by atoms with Crippen molar-refractivity contribution in [2.24, 2.45) is 0 Å². The predicted molar refractivity (Wildman–Crippen MR) is 99.0 cm³/mol. The monoisotopic (exact) mass is 341 g/mol. The number of hydrogen-bond donors (Lipinski definition) is 0. The lowest BCUT2D eigenvalue weighted by Gasteiger charge is -2.36. The molecule has 0 bridgehead atoms. The summed E-state index contributed by atoms with van der Waals surface area (Å²) in [6.07, 6.45) is 5.86. The molecule has 0 fully saturated rings. The third kappa shape index (κ3) is 3.26. The average Bonchev–Trinajstić information content (AvgIpc) is 2.64. The number of aromatic nitrogens is 2. The van der Waals surface area contributed by atoms with Crippen LogP contribution in [0.5, 0.6) is 0 Å². The lowest BCUT2D eigenvalue weighted by Crippen LogP contribution is -2.32. The Bertz CT molecular complexity index is 765. The molecule has 7 nitrogen and oxygen atoms in total. The van der Waals surface area contributed by atoms with E-state index in [1.54, 1.807) is 6.20 Å². The molecule has 0 aromatic carbocycles. The van der Waals surface area contributed by atoms with Gasteiger partial charge in [0, 0.05) is 25.4 Å². The van der Waals surface area contributed by atoms with Gasteiger partial charge in [-0.05, 0) is 40.9 Å². The normalized spacial score (nSPS) is 12.7. The van der Waals surface area contributed by atoms with Gasteiger partial charge < -0.3 is 15.0 Å². The Morgan fingerprint density at radius 2 is 1.68 bits per heavy atom. The highest BCUT2D eigenvalue weighted by molar-refractivity contribution is 5.89. The van der Waals surface area contributed by atoms with Gasteiger partial charge in [-0.3, -0.25) is 4.90 Å². The van der Waals surface area contributed by atoms with Gasteiger partial charge in [-0.2, -0.15) is 0 Å². The van der Waals surface area contributed by atoms with Gasteiger partial charge in [0.25, 0.3) is 5.82 Å². The van der Waals surface area contributed by atoms with E-state index >= 15 is 0 Å². The maximum atomic E-state index is 11.2. The molecule has 1 aliphatic heterocycles. The minimum absolute atomic E-state index is 0.130. The molecule has 0 N–H and O–H groups in total. The number of nitrogens with zero attached hydrogens (tertiary/aromatic N) is 5. The van der Waals surface area contributed by atoms with E-state index in [0.29, 0.717) is 5.82 Å². The first-order chi connectivity index (χ1) is 12.2. The van der Waals surface area contributed by atoms with E-state index in [-0.39, 0.29) is 5.82 Å². The minimum Gasteiger partial charge on any atom is -0.358 e. The fraction of sp³-hybridized carbons (Fsp3) is 0.444. The third-order valence-electron chi connectivity index (χ3n) is 4.36. The van der Waals surface area contributed by atoms with Crippen LogP contribution in [0.2, 0.25) is 0 Å². The zero-order valence-electron chi connectivity index (χ0n) is 14.7. The number of pyridine rings is 2. The number of nitro groups is 1. The Hall–Kier alpha value is -2.70. The second-order valence-electron chi connectivity index (χ2n) is 6.13. The molecule has 0 unspecified atom stereocenters. The van der Waals surface area contributed by atoms with E-state index in [1.807, 2.05) is 17.0 Å². The number of hydrogen-bond acceptors (Lipinski definition) is 6. The fourth-order valence-corrected chi connectivity index (χ4v) is 3.06. The van der Waals surface area contributed by atoms with Crippen molar-refractivity contribution in [1.29, 1.82) is 0 Å². The lowest BCUT2D eigenvalue weighted by molar-refractivity contribution is -0.389. The van der Waals surface area contributed by atoms with E-state index in [4.69, 9.17) is 0 Å². The molecule has 0 saturated carbocycles. The van der Waals surface area contributed by atoms with Crippen molar-refractivity contribution in [2.45, 2.75) is 39.5 Å². The topological polar surface area (TPSA) is 75.4 Å². The summed E-state index contributed by atoms with van der Waals surface area (Å²) in [6, 6.07) is 7.28. The van der Waals surface area contributed by atoms with Crippen LogP contribution in [0.15, 0.2) is 30.5 Å². The highest BCUT2D eigenvalue weighted by Crippen LogP contribution is 2.46. The first-order valence-corrected chi connectivity index (χ1v) is 8.82. The molecule has 0 aliphatic carbocycles. The molecule has 3 heterocycles. The maximum Gasteiger partial charge on any atom is 0.366 e. The maximum absolute atomic E-state index is 11.2. The summed E-state index contributed by atoms with van der Waals surface area (Å²) in [5.74, 6) is 1.33. The number of rotatable bonds is 7. The second kappa shape index (κ2) is 7.46.